The molecule has 1 aliphatic heterocycles. The predicted octanol–water partition coefficient (Wildman–Crippen LogP) is 4.94. The van der Waals surface area contributed by atoms with E-state index in [2.05, 4.69) is 41.3 Å². The standard InChI is InChI=1S/C18H24N2S3/c19-14-17-8-9-18(23-17)22-16-6-4-15(5-7-16)21-13-3-12-20-10-1-2-11-20/h4-9H,1-3,10-14,19H2. The molecule has 0 spiro atoms. The van der Waals surface area contributed by atoms with Gasteiger partial charge >= 0.3 is 0 Å². The van der Waals surface area contributed by atoms with Gasteiger partial charge in [0, 0.05) is 21.2 Å². The molecular weight excluding hydrogens is 340 g/mol. The van der Waals surface area contributed by atoms with Gasteiger partial charge in [-0.2, -0.15) is 0 Å². The first-order chi connectivity index (χ1) is 11.3. The monoisotopic (exact) mass is 364 g/mol. The largest absolute Gasteiger partial charge is 0.326 e. The van der Waals surface area contributed by atoms with Crippen LogP contribution in [0.2, 0.25) is 0 Å². The number of rotatable bonds is 8. The summed E-state index contributed by atoms with van der Waals surface area (Å²) in [5.74, 6) is 1.22. The van der Waals surface area contributed by atoms with Crippen LogP contribution in [0.3, 0.4) is 0 Å². The molecule has 2 aromatic rings. The minimum absolute atomic E-state index is 0.637. The van der Waals surface area contributed by atoms with Gasteiger partial charge in [-0.25, -0.2) is 0 Å². The lowest BCUT2D eigenvalue weighted by Gasteiger charge is -2.13. The quantitative estimate of drug-likeness (QED) is 0.531. The molecule has 2 nitrogen and oxygen atoms in total. The van der Waals surface area contributed by atoms with Crippen LogP contribution in [-0.2, 0) is 6.54 Å². The third-order valence-corrected chi connectivity index (χ3v) is 7.31. The maximum absolute atomic E-state index is 5.67. The van der Waals surface area contributed by atoms with Gasteiger partial charge in [0.1, 0.15) is 0 Å². The fourth-order valence-corrected chi connectivity index (χ4v) is 5.60. The van der Waals surface area contributed by atoms with Crippen molar-refractivity contribution in [2.24, 2.45) is 5.73 Å². The van der Waals surface area contributed by atoms with Crippen molar-refractivity contribution < 1.29 is 0 Å². The average Bonchev–Trinajstić information content (AvgIpc) is 3.24. The van der Waals surface area contributed by atoms with Crippen molar-refractivity contribution in [1.29, 1.82) is 0 Å². The Kier molecular flexibility index (Phi) is 6.90. The molecule has 0 bridgehead atoms. The summed E-state index contributed by atoms with van der Waals surface area (Å²) in [5.41, 5.74) is 5.67. The third-order valence-electron chi connectivity index (χ3n) is 3.97. The molecule has 1 aromatic heterocycles. The molecule has 1 saturated heterocycles. The zero-order valence-electron chi connectivity index (χ0n) is 13.4. The summed E-state index contributed by atoms with van der Waals surface area (Å²) in [5, 5.41) is 0. The number of likely N-dealkylation sites (tertiary alicyclic amines) is 1. The summed E-state index contributed by atoms with van der Waals surface area (Å²) in [7, 11) is 0. The predicted molar refractivity (Wildman–Crippen MR) is 104 cm³/mol. The van der Waals surface area contributed by atoms with Gasteiger partial charge in [-0.3, -0.25) is 0 Å². The summed E-state index contributed by atoms with van der Waals surface area (Å²) in [6, 6.07) is 13.3. The second-order valence-electron chi connectivity index (χ2n) is 5.75. The number of thiophene rings is 1. The Morgan fingerprint density at radius 2 is 1.74 bits per heavy atom. The van der Waals surface area contributed by atoms with Crippen LogP contribution in [0.1, 0.15) is 24.1 Å². The molecular formula is C18H24N2S3. The van der Waals surface area contributed by atoms with Crippen LogP contribution in [0.4, 0.5) is 0 Å². The van der Waals surface area contributed by atoms with Crippen molar-refractivity contribution in [3.63, 3.8) is 0 Å². The smallest absolute Gasteiger partial charge is 0.0649 e. The third kappa shape index (κ3) is 5.54. The van der Waals surface area contributed by atoms with Crippen LogP contribution >= 0.6 is 34.9 Å². The van der Waals surface area contributed by atoms with Crippen LogP contribution in [-0.4, -0.2) is 30.3 Å². The van der Waals surface area contributed by atoms with E-state index in [0.29, 0.717) is 6.54 Å². The highest BCUT2D eigenvalue weighted by molar-refractivity contribution is 8.01. The van der Waals surface area contributed by atoms with Crippen molar-refractivity contribution in [2.45, 2.75) is 39.8 Å². The van der Waals surface area contributed by atoms with Crippen LogP contribution in [0, 0.1) is 0 Å². The van der Waals surface area contributed by atoms with Crippen LogP contribution in [0.25, 0.3) is 0 Å². The molecule has 2 N–H and O–H groups in total. The lowest BCUT2D eigenvalue weighted by atomic mass is 10.4. The minimum atomic E-state index is 0.637. The Hall–Kier alpha value is -0.460. The van der Waals surface area contributed by atoms with E-state index in [1.807, 2.05) is 23.5 Å². The normalized spacial score (nSPS) is 15.3. The van der Waals surface area contributed by atoms with E-state index in [1.165, 1.54) is 63.5 Å². The Morgan fingerprint density at radius 1 is 1.00 bits per heavy atom. The number of benzene rings is 1. The number of nitrogens with zero attached hydrogens (tertiary/aromatic N) is 1. The highest BCUT2D eigenvalue weighted by atomic mass is 32.2. The Morgan fingerprint density at radius 3 is 2.43 bits per heavy atom. The number of hydrogen-bond acceptors (Lipinski definition) is 5. The van der Waals surface area contributed by atoms with E-state index in [-0.39, 0.29) is 0 Å². The SMILES string of the molecule is NCc1ccc(Sc2ccc(SCCCN3CCCC3)cc2)s1. The van der Waals surface area contributed by atoms with E-state index in [9.17, 15) is 0 Å². The minimum Gasteiger partial charge on any atom is -0.326 e. The first-order valence-electron chi connectivity index (χ1n) is 8.25. The Labute approximate surface area is 151 Å². The molecule has 1 aromatic carbocycles. The maximum atomic E-state index is 5.67. The molecule has 0 atom stereocenters. The molecule has 1 fully saturated rings. The lowest BCUT2D eigenvalue weighted by Crippen LogP contribution is -2.20. The Balaban J connectivity index is 1.41. The molecule has 0 radical (unpaired) electrons. The van der Waals surface area contributed by atoms with Crippen LogP contribution in [0.5, 0.6) is 0 Å². The fourth-order valence-electron chi connectivity index (χ4n) is 2.73. The first kappa shape index (κ1) is 17.4. The summed E-state index contributed by atoms with van der Waals surface area (Å²) < 4.78 is 1.32. The molecule has 3 rings (SSSR count). The maximum Gasteiger partial charge on any atom is 0.0649 e. The summed E-state index contributed by atoms with van der Waals surface area (Å²) in [6.07, 6.45) is 4.07. The number of nitrogens with two attached hydrogens (primary N) is 1. The lowest BCUT2D eigenvalue weighted by molar-refractivity contribution is 0.341. The second-order valence-corrected chi connectivity index (χ2v) is 9.46. The topological polar surface area (TPSA) is 29.3 Å². The first-order valence-corrected chi connectivity index (χ1v) is 10.9. The van der Waals surface area contributed by atoms with Gasteiger partial charge in [-0.05, 0) is 81.0 Å². The van der Waals surface area contributed by atoms with Crippen molar-refractivity contribution >= 4 is 34.9 Å². The van der Waals surface area contributed by atoms with Gasteiger partial charge in [0.05, 0.1) is 4.21 Å². The molecule has 23 heavy (non-hydrogen) atoms. The highest BCUT2D eigenvalue weighted by Gasteiger charge is 2.10. The van der Waals surface area contributed by atoms with Gasteiger partial charge in [0.2, 0.25) is 0 Å². The summed E-state index contributed by atoms with van der Waals surface area (Å²) in [6.45, 7) is 4.53. The molecule has 0 saturated carbocycles. The van der Waals surface area contributed by atoms with Gasteiger partial charge in [0.25, 0.3) is 0 Å². The molecule has 0 amide bonds. The van der Waals surface area contributed by atoms with E-state index < -0.39 is 0 Å². The summed E-state index contributed by atoms with van der Waals surface area (Å²) >= 11 is 5.59. The van der Waals surface area contributed by atoms with Crippen molar-refractivity contribution in [3.8, 4) is 0 Å². The summed E-state index contributed by atoms with van der Waals surface area (Å²) in [4.78, 5) is 6.52. The van der Waals surface area contributed by atoms with Gasteiger partial charge < -0.3 is 10.6 Å². The zero-order chi connectivity index (χ0) is 15.9. The molecule has 5 heteroatoms. The molecule has 0 aliphatic carbocycles. The van der Waals surface area contributed by atoms with E-state index in [4.69, 9.17) is 5.73 Å². The van der Waals surface area contributed by atoms with Crippen LogP contribution < -0.4 is 5.73 Å². The fraction of sp³-hybridized carbons (Fsp3) is 0.444. The van der Waals surface area contributed by atoms with Gasteiger partial charge in [0.15, 0.2) is 0 Å². The zero-order valence-corrected chi connectivity index (χ0v) is 15.8. The second kappa shape index (κ2) is 9.14. The van der Waals surface area contributed by atoms with Crippen molar-refractivity contribution in [3.05, 3.63) is 41.3 Å². The van der Waals surface area contributed by atoms with Gasteiger partial charge in [-0.15, -0.1) is 23.1 Å². The van der Waals surface area contributed by atoms with Crippen LogP contribution in [0.15, 0.2) is 50.4 Å². The number of hydrogen-bond donors (Lipinski definition) is 1. The average molecular weight is 365 g/mol. The highest BCUT2D eigenvalue weighted by Crippen LogP contribution is 2.34. The van der Waals surface area contributed by atoms with E-state index in [0.717, 1.165) is 0 Å². The van der Waals surface area contributed by atoms with Crippen molar-refractivity contribution in [1.82, 2.24) is 4.90 Å². The molecule has 2 heterocycles. The molecule has 0 unspecified atom stereocenters. The van der Waals surface area contributed by atoms with Gasteiger partial charge in [-0.1, -0.05) is 11.8 Å². The van der Waals surface area contributed by atoms with Crippen molar-refractivity contribution in [2.75, 3.05) is 25.4 Å². The molecule has 1 aliphatic rings. The number of thioether (sulfide) groups is 1. The van der Waals surface area contributed by atoms with E-state index >= 15 is 0 Å². The molecule has 124 valence electrons. The van der Waals surface area contributed by atoms with E-state index in [1.54, 1.807) is 11.3 Å². The Bertz CT molecular complexity index is 589.